The van der Waals surface area contributed by atoms with Gasteiger partial charge in [-0.25, -0.2) is 0 Å². The molecule has 0 amide bonds. The predicted molar refractivity (Wildman–Crippen MR) is 74.8 cm³/mol. The van der Waals surface area contributed by atoms with Gasteiger partial charge >= 0.3 is 0 Å². The standard InChI is InChI=1S/C14H18BrNO/c1-2-16(9-11-4-3-5-11)14-8-13(15)7-6-12(14)10-17/h6-8,10-11H,2-5,9H2,1H3. The summed E-state index contributed by atoms with van der Waals surface area (Å²) in [5.41, 5.74) is 1.85. The van der Waals surface area contributed by atoms with E-state index in [0.29, 0.717) is 0 Å². The second-order valence-electron chi connectivity index (χ2n) is 4.66. The van der Waals surface area contributed by atoms with Crippen molar-refractivity contribution in [3.63, 3.8) is 0 Å². The summed E-state index contributed by atoms with van der Waals surface area (Å²) in [6, 6.07) is 5.85. The number of halogens is 1. The zero-order valence-corrected chi connectivity index (χ0v) is 11.7. The Morgan fingerprint density at radius 1 is 1.47 bits per heavy atom. The summed E-state index contributed by atoms with van der Waals surface area (Å²) in [7, 11) is 0. The van der Waals surface area contributed by atoms with Gasteiger partial charge in [0, 0.05) is 28.8 Å². The first kappa shape index (κ1) is 12.6. The van der Waals surface area contributed by atoms with Crippen molar-refractivity contribution in [2.45, 2.75) is 26.2 Å². The SMILES string of the molecule is CCN(CC1CCC1)c1cc(Br)ccc1C=O. The monoisotopic (exact) mass is 295 g/mol. The quantitative estimate of drug-likeness (QED) is 0.768. The van der Waals surface area contributed by atoms with Gasteiger partial charge in [0.05, 0.1) is 0 Å². The van der Waals surface area contributed by atoms with Gasteiger partial charge in [0.25, 0.3) is 0 Å². The lowest BCUT2D eigenvalue weighted by Gasteiger charge is -2.33. The van der Waals surface area contributed by atoms with E-state index in [1.165, 1.54) is 19.3 Å². The number of carbonyl (C=O) groups excluding carboxylic acids is 1. The average molecular weight is 296 g/mol. The summed E-state index contributed by atoms with van der Waals surface area (Å²) in [4.78, 5) is 13.4. The number of hydrogen-bond donors (Lipinski definition) is 0. The van der Waals surface area contributed by atoms with Gasteiger partial charge in [-0.3, -0.25) is 4.79 Å². The zero-order chi connectivity index (χ0) is 12.3. The number of rotatable bonds is 5. The van der Waals surface area contributed by atoms with Crippen LogP contribution < -0.4 is 4.90 Å². The highest BCUT2D eigenvalue weighted by Crippen LogP contribution is 2.31. The maximum absolute atomic E-state index is 11.1. The summed E-state index contributed by atoms with van der Waals surface area (Å²) in [5.74, 6) is 0.813. The molecule has 0 atom stereocenters. The van der Waals surface area contributed by atoms with Crippen molar-refractivity contribution in [1.29, 1.82) is 0 Å². The molecule has 2 rings (SSSR count). The molecule has 1 aromatic rings. The smallest absolute Gasteiger partial charge is 0.152 e. The summed E-state index contributed by atoms with van der Waals surface area (Å²) in [6.45, 7) is 4.18. The maximum Gasteiger partial charge on any atom is 0.152 e. The van der Waals surface area contributed by atoms with E-state index >= 15 is 0 Å². The molecule has 1 aliphatic rings. The second kappa shape index (κ2) is 5.67. The fraction of sp³-hybridized carbons (Fsp3) is 0.500. The Kier molecular flexibility index (Phi) is 4.21. The van der Waals surface area contributed by atoms with Crippen LogP contribution in [0.4, 0.5) is 5.69 Å². The molecule has 3 heteroatoms. The summed E-state index contributed by atoms with van der Waals surface area (Å²) in [5, 5.41) is 0. The van der Waals surface area contributed by atoms with Crippen molar-refractivity contribution < 1.29 is 4.79 Å². The first-order valence-electron chi connectivity index (χ1n) is 6.24. The molecule has 0 N–H and O–H groups in total. The lowest BCUT2D eigenvalue weighted by Crippen LogP contribution is -2.33. The lowest BCUT2D eigenvalue weighted by molar-refractivity contribution is 0.112. The van der Waals surface area contributed by atoms with E-state index in [-0.39, 0.29) is 0 Å². The molecule has 1 fully saturated rings. The number of nitrogens with zero attached hydrogens (tertiary/aromatic N) is 1. The molecule has 0 aliphatic heterocycles. The van der Waals surface area contributed by atoms with E-state index in [4.69, 9.17) is 0 Å². The zero-order valence-electron chi connectivity index (χ0n) is 10.2. The van der Waals surface area contributed by atoms with Gasteiger partial charge in [-0.05, 0) is 43.9 Å². The highest BCUT2D eigenvalue weighted by molar-refractivity contribution is 9.10. The summed E-state index contributed by atoms with van der Waals surface area (Å²) >= 11 is 3.48. The van der Waals surface area contributed by atoms with E-state index in [1.807, 2.05) is 18.2 Å². The third-order valence-corrected chi connectivity index (χ3v) is 4.04. The van der Waals surface area contributed by atoms with E-state index in [9.17, 15) is 4.79 Å². The molecule has 1 saturated carbocycles. The number of anilines is 1. The molecule has 92 valence electrons. The van der Waals surface area contributed by atoms with Crippen LogP contribution in [0.3, 0.4) is 0 Å². The first-order chi connectivity index (χ1) is 8.24. The van der Waals surface area contributed by atoms with Gasteiger partial charge < -0.3 is 4.90 Å². The van der Waals surface area contributed by atoms with Crippen molar-refractivity contribution in [1.82, 2.24) is 0 Å². The van der Waals surface area contributed by atoms with Crippen molar-refractivity contribution in [2.75, 3.05) is 18.0 Å². The molecule has 0 saturated heterocycles. The average Bonchev–Trinajstić information content (AvgIpc) is 2.28. The van der Waals surface area contributed by atoms with Gasteiger partial charge in [0.15, 0.2) is 6.29 Å². The van der Waals surface area contributed by atoms with E-state index in [1.54, 1.807) is 0 Å². The van der Waals surface area contributed by atoms with Crippen LogP contribution in [0.2, 0.25) is 0 Å². The molecule has 0 spiro atoms. The lowest BCUT2D eigenvalue weighted by atomic mass is 9.85. The number of hydrogen-bond acceptors (Lipinski definition) is 2. The minimum Gasteiger partial charge on any atom is -0.371 e. The Hall–Kier alpha value is -0.830. The number of benzene rings is 1. The van der Waals surface area contributed by atoms with Crippen LogP contribution >= 0.6 is 15.9 Å². The van der Waals surface area contributed by atoms with Crippen LogP contribution in [-0.2, 0) is 0 Å². The van der Waals surface area contributed by atoms with Crippen molar-refractivity contribution in [3.05, 3.63) is 28.2 Å². The second-order valence-corrected chi connectivity index (χ2v) is 5.57. The Morgan fingerprint density at radius 3 is 2.76 bits per heavy atom. The summed E-state index contributed by atoms with van der Waals surface area (Å²) < 4.78 is 1.03. The number of carbonyl (C=O) groups is 1. The molecule has 0 heterocycles. The van der Waals surface area contributed by atoms with Gasteiger partial charge in [-0.1, -0.05) is 22.4 Å². The minimum absolute atomic E-state index is 0.786. The molecule has 0 aromatic heterocycles. The molecule has 17 heavy (non-hydrogen) atoms. The first-order valence-corrected chi connectivity index (χ1v) is 7.03. The van der Waals surface area contributed by atoms with Gasteiger partial charge in [0.1, 0.15) is 0 Å². The fourth-order valence-electron chi connectivity index (χ4n) is 2.28. The Labute approximate surface area is 111 Å². The molecule has 2 nitrogen and oxygen atoms in total. The van der Waals surface area contributed by atoms with Crippen molar-refractivity contribution >= 4 is 27.9 Å². The Morgan fingerprint density at radius 2 is 2.24 bits per heavy atom. The van der Waals surface area contributed by atoms with Crippen LogP contribution in [0.5, 0.6) is 0 Å². The van der Waals surface area contributed by atoms with E-state index in [2.05, 4.69) is 27.8 Å². The van der Waals surface area contributed by atoms with Gasteiger partial charge in [-0.15, -0.1) is 0 Å². The Balaban J connectivity index is 2.21. The minimum atomic E-state index is 0.786. The Bertz CT molecular complexity index is 401. The van der Waals surface area contributed by atoms with Crippen molar-refractivity contribution in [3.8, 4) is 0 Å². The maximum atomic E-state index is 11.1. The fourth-order valence-corrected chi connectivity index (χ4v) is 2.62. The predicted octanol–water partition coefficient (Wildman–Crippen LogP) is 3.89. The molecular formula is C14H18BrNO. The highest BCUT2D eigenvalue weighted by Gasteiger charge is 2.21. The molecule has 1 aliphatic carbocycles. The molecule has 0 unspecified atom stereocenters. The highest BCUT2D eigenvalue weighted by atomic mass is 79.9. The summed E-state index contributed by atoms with van der Waals surface area (Å²) in [6.07, 6.45) is 4.98. The van der Waals surface area contributed by atoms with Crippen LogP contribution in [0.1, 0.15) is 36.5 Å². The van der Waals surface area contributed by atoms with Crippen molar-refractivity contribution in [2.24, 2.45) is 5.92 Å². The molecule has 1 aromatic carbocycles. The van der Waals surface area contributed by atoms with Crippen LogP contribution in [0.15, 0.2) is 22.7 Å². The molecular weight excluding hydrogens is 278 g/mol. The van der Waals surface area contributed by atoms with Gasteiger partial charge in [0.2, 0.25) is 0 Å². The largest absolute Gasteiger partial charge is 0.371 e. The third-order valence-electron chi connectivity index (χ3n) is 3.55. The van der Waals surface area contributed by atoms with E-state index in [0.717, 1.165) is 41.0 Å². The molecule has 0 radical (unpaired) electrons. The van der Waals surface area contributed by atoms with Crippen LogP contribution in [0, 0.1) is 5.92 Å². The van der Waals surface area contributed by atoms with Crippen LogP contribution in [0.25, 0.3) is 0 Å². The number of aldehydes is 1. The van der Waals surface area contributed by atoms with Crippen LogP contribution in [-0.4, -0.2) is 19.4 Å². The third kappa shape index (κ3) is 2.89. The normalized spacial score (nSPS) is 15.4. The van der Waals surface area contributed by atoms with E-state index < -0.39 is 0 Å². The van der Waals surface area contributed by atoms with Gasteiger partial charge in [-0.2, -0.15) is 0 Å². The molecule has 0 bridgehead atoms. The topological polar surface area (TPSA) is 20.3 Å².